The van der Waals surface area contributed by atoms with E-state index in [0.717, 1.165) is 39.7 Å². The van der Waals surface area contributed by atoms with Crippen molar-refractivity contribution < 1.29 is 4.21 Å². The zero-order valence-electron chi connectivity index (χ0n) is 15.0. The van der Waals surface area contributed by atoms with E-state index in [-0.39, 0.29) is 0 Å². The number of hydrogen-bond acceptors (Lipinski definition) is 3. The van der Waals surface area contributed by atoms with E-state index >= 15 is 0 Å². The predicted octanol–water partition coefficient (Wildman–Crippen LogP) is 5.96. The van der Waals surface area contributed by atoms with Gasteiger partial charge in [0.05, 0.1) is 22.1 Å². The van der Waals surface area contributed by atoms with E-state index in [4.69, 9.17) is 0 Å². The molecule has 3 nitrogen and oxygen atoms in total. The first-order valence-electron chi connectivity index (χ1n) is 8.79. The lowest BCUT2D eigenvalue weighted by molar-refractivity contribution is 0.676. The molecule has 0 fully saturated rings. The molecule has 1 aromatic heterocycles. The molecular formula is C22H19BrN2OS. The van der Waals surface area contributed by atoms with Gasteiger partial charge in [0, 0.05) is 21.4 Å². The minimum atomic E-state index is -1.31. The molecule has 136 valence electrons. The van der Waals surface area contributed by atoms with Gasteiger partial charge in [0.25, 0.3) is 0 Å². The van der Waals surface area contributed by atoms with E-state index in [1.165, 1.54) is 0 Å². The largest absolute Gasteiger partial charge is 0.253 e. The van der Waals surface area contributed by atoms with Crippen molar-refractivity contribution >= 4 is 26.7 Å². The second-order valence-electron chi connectivity index (χ2n) is 6.12. The summed E-state index contributed by atoms with van der Waals surface area (Å²) in [5.74, 6) is 0.510. The third-order valence-electron chi connectivity index (χ3n) is 4.22. The average Bonchev–Trinajstić information content (AvgIpc) is 2.72. The first-order valence-corrected chi connectivity index (χ1v) is 10.9. The van der Waals surface area contributed by atoms with E-state index in [2.05, 4.69) is 33.9 Å². The molecule has 0 aliphatic carbocycles. The third kappa shape index (κ3) is 4.52. The Bertz CT molecular complexity index is 995. The summed E-state index contributed by atoms with van der Waals surface area (Å²) in [5, 5.41) is 10.2. The standard InChI is InChI=1S/C22H19BrN2OS/c1-2-3-13-27(26)22-20(15-24)19(16-7-5-4-6-8-16)14-21(25-22)17-9-11-18(23)12-10-17/h4-12,14H,2-3,13H2,1H3/t27-/m0/s1. The normalized spacial score (nSPS) is 11.7. The number of pyridine rings is 1. The highest BCUT2D eigenvalue weighted by Crippen LogP contribution is 2.32. The van der Waals surface area contributed by atoms with Gasteiger partial charge >= 0.3 is 0 Å². The average molecular weight is 439 g/mol. The number of hydrogen-bond donors (Lipinski definition) is 0. The number of halogens is 1. The van der Waals surface area contributed by atoms with Crippen molar-refractivity contribution in [2.75, 3.05) is 5.75 Å². The first-order chi connectivity index (χ1) is 13.1. The number of nitrogens with zero attached hydrogens (tertiary/aromatic N) is 2. The van der Waals surface area contributed by atoms with Crippen molar-refractivity contribution in [1.82, 2.24) is 4.98 Å². The Morgan fingerprint density at radius 1 is 1.07 bits per heavy atom. The van der Waals surface area contributed by atoms with Crippen LogP contribution in [-0.4, -0.2) is 14.9 Å². The van der Waals surface area contributed by atoms with Crippen LogP contribution in [0.4, 0.5) is 0 Å². The molecule has 0 saturated carbocycles. The SMILES string of the molecule is CCCC[S@](=O)c1nc(-c2ccc(Br)cc2)cc(-c2ccccc2)c1C#N. The van der Waals surface area contributed by atoms with Crippen LogP contribution in [0.2, 0.25) is 0 Å². The summed E-state index contributed by atoms with van der Waals surface area (Å²) in [6.45, 7) is 2.06. The molecule has 0 aliphatic rings. The predicted molar refractivity (Wildman–Crippen MR) is 114 cm³/mol. The van der Waals surface area contributed by atoms with Gasteiger partial charge in [-0.3, -0.25) is 4.21 Å². The molecule has 0 unspecified atom stereocenters. The van der Waals surface area contributed by atoms with Gasteiger partial charge in [-0.25, -0.2) is 4.98 Å². The van der Waals surface area contributed by atoms with Gasteiger partial charge in [-0.2, -0.15) is 5.26 Å². The van der Waals surface area contributed by atoms with Crippen molar-refractivity contribution in [3.8, 4) is 28.5 Å². The second kappa shape index (κ2) is 9.07. The Kier molecular flexibility index (Phi) is 6.54. The van der Waals surface area contributed by atoms with Crippen molar-refractivity contribution in [3.63, 3.8) is 0 Å². The van der Waals surface area contributed by atoms with Crippen LogP contribution in [0.3, 0.4) is 0 Å². The maximum absolute atomic E-state index is 12.9. The van der Waals surface area contributed by atoms with Crippen molar-refractivity contribution in [2.45, 2.75) is 24.8 Å². The summed E-state index contributed by atoms with van der Waals surface area (Å²) >= 11 is 3.45. The Labute approximate surface area is 170 Å². The molecule has 0 amide bonds. The van der Waals surface area contributed by atoms with Crippen molar-refractivity contribution in [1.29, 1.82) is 5.26 Å². The fourth-order valence-electron chi connectivity index (χ4n) is 2.78. The van der Waals surface area contributed by atoms with Gasteiger partial charge in [0.2, 0.25) is 0 Å². The minimum Gasteiger partial charge on any atom is -0.253 e. The van der Waals surface area contributed by atoms with Crippen LogP contribution < -0.4 is 0 Å². The molecule has 5 heteroatoms. The van der Waals surface area contributed by atoms with E-state index in [9.17, 15) is 9.47 Å². The summed E-state index contributed by atoms with van der Waals surface area (Å²) in [5.41, 5.74) is 3.74. The first kappa shape index (κ1) is 19.5. The van der Waals surface area contributed by atoms with Gasteiger partial charge < -0.3 is 0 Å². The molecule has 1 atom stereocenters. The number of aromatic nitrogens is 1. The Morgan fingerprint density at radius 3 is 2.41 bits per heavy atom. The summed E-state index contributed by atoms with van der Waals surface area (Å²) in [7, 11) is -1.31. The van der Waals surface area contributed by atoms with Crippen LogP contribution >= 0.6 is 15.9 Å². The summed E-state index contributed by atoms with van der Waals surface area (Å²) in [6.07, 6.45) is 1.79. The number of benzene rings is 2. The fraction of sp³-hybridized carbons (Fsp3) is 0.182. The second-order valence-corrected chi connectivity index (χ2v) is 8.52. The quantitative estimate of drug-likeness (QED) is 0.476. The van der Waals surface area contributed by atoms with Crippen LogP contribution in [-0.2, 0) is 10.8 Å². The van der Waals surface area contributed by atoms with E-state index in [1.54, 1.807) is 0 Å². The molecule has 2 aromatic carbocycles. The number of nitriles is 1. The number of rotatable bonds is 6. The van der Waals surface area contributed by atoms with Gasteiger partial charge in [-0.05, 0) is 30.2 Å². The van der Waals surface area contributed by atoms with Crippen LogP contribution in [0, 0.1) is 11.3 Å². The third-order valence-corrected chi connectivity index (χ3v) is 6.14. The fourth-order valence-corrected chi connectivity index (χ4v) is 4.37. The maximum atomic E-state index is 12.9. The Morgan fingerprint density at radius 2 is 1.78 bits per heavy atom. The molecule has 0 radical (unpaired) electrons. The molecule has 3 aromatic rings. The van der Waals surface area contributed by atoms with Crippen LogP contribution in [0.15, 0.2) is 70.2 Å². The lowest BCUT2D eigenvalue weighted by atomic mass is 9.99. The summed E-state index contributed by atoms with van der Waals surface area (Å²) < 4.78 is 13.9. The van der Waals surface area contributed by atoms with Crippen LogP contribution in [0.25, 0.3) is 22.4 Å². The van der Waals surface area contributed by atoms with E-state index in [1.807, 2.05) is 60.7 Å². The highest BCUT2D eigenvalue weighted by molar-refractivity contribution is 9.10. The van der Waals surface area contributed by atoms with Gasteiger partial charge in [-0.15, -0.1) is 0 Å². The molecule has 0 aliphatic heterocycles. The van der Waals surface area contributed by atoms with E-state index in [0.29, 0.717) is 16.3 Å². The lowest BCUT2D eigenvalue weighted by Crippen LogP contribution is -2.06. The molecule has 0 saturated heterocycles. The highest BCUT2D eigenvalue weighted by Gasteiger charge is 2.19. The monoisotopic (exact) mass is 438 g/mol. The summed E-state index contributed by atoms with van der Waals surface area (Å²) in [4.78, 5) is 4.64. The Hall–Kier alpha value is -2.29. The zero-order valence-corrected chi connectivity index (χ0v) is 17.4. The molecular weight excluding hydrogens is 420 g/mol. The molecule has 0 spiro atoms. The maximum Gasteiger partial charge on any atom is 0.146 e. The molecule has 3 rings (SSSR count). The van der Waals surface area contributed by atoms with Gasteiger partial charge in [-0.1, -0.05) is 71.7 Å². The highest BCUT2D eigenvalue weighted by atomic mass is 79.9. The topological polar surface area (TPSA) is 53.8 Å². The minimum absolute atomic E-state index is 0.380. The van der Waals surface area contributed by atoms with Crippen LogP contribution in [0.5, 0.6) is 0 Å². The molecule has 27 heavy (non-hydrogen) atoms. The smallest absolute Gasteiger partial charge is 0.146 e. The van der Waals surface area contributed by atoms with E-state index < -0.39 is 10.8 Å². The molecule has 1 heterocycles. The van der Waals surface area contributed by atoms with Gasteiger partial charge in [0.15, 0.2) is 0 Å². The summed E-state index contributed by atoms with van der Waals surface area (Å²) in [6, 6.07) is 21.7. The number of unbranched alkanes of at least 4 members (excludes halogenated alkanes) is 1. The van der Waals surface area contributed by atoms with Crippen molar-refractivity contribution in [2.24, 2.45) is 0 Å². The lowest BCUT2D eigenvalue weighted by Gasteiger charge is -2.12. The van der Waals surface area contributed by atoms with Crippen molar-refractivity contribution in [3.05, 3.63) is 70.7 Å². The van der Waals surface area contributed by atoms with Gasteiger partial charge in [0.1, 0.15) is 11.1 Å². The Balaban J connectivity index is 2.22. The molecule has 0 N–H and O–H groups in total. The molecule has 0 bridgehead atoms. The zero-order chi connectivity index (χ0) is 19.2. The van der Waals surface area contributed by atoms with Crippen LogP contribution in [0.1, 0.15) is 25.3 Å².